The molecule has 4 nitrogen and oxygen atoms in total. The first-order valence-corrected chi connectivity index (χ1v) is 23.5. The average molecular weight is 850 g/mol. The fraction of sp³-hybridized carbons (Fsp3) is 0.267. The lowest BCUT2D eigenvalue weighted by molar-refractivity contribution is 0.590. The maximum atomic E-state index is 7.53. The van der Waals surface area contributed by atoms with E-state index in [1.54, 1.807) is 0 Å². The largest absolute Gasteiger partial charge is 0.468 e. The molecule has 4 heterocycles. The lowest BCUT2D eigenvalue weighted by Gasteiger charge is -2.43. The van der Waals surface area contributed by atoms with Gasteiger partial charge < -0.3 is 18.8 Å². The van der Waals surface area contributed by atoms with Gasteiger partial charge in [-0.1, -0.05) is 156 Å². The van der Waals surface area contributed by atoms with Crippen LogP contribution in [0.25, 0.3) is 38.5 Å². The van der Waals surface area contributed by atoms with Crippen molar-refractivity contribution in [3.05, 3.63) is 168 Å². The van der Waals surface area contributed by atoms with Crippen molar-refractivity contribution in [1.82, 2.24) is 4.57 Å². The zero-order valence-corrected chi connectivity index (χ0v) is 40.2. The molecule has 2 aliphatic rings. The van der Waals surface area contributed by atoms with Gasteiger partial charge in [-0.05, 0) is 122 Å². The van der Waals surface area contributed by atoms with Crippen molar-refractivity contribution in [2.75, 3.05) is 9.80 Å². The molecule has 0 saturated carbocycles. The van der Waals surface area contributed by atoms with E-state index in [1.165, 1.54) is 66.5 Å². The first kappa shape index (κ1) is 41.3. The molecule has 0 aliphatic carbocycles. The first-order chi connectivity index (χ1) is 30.8. The minimum atomic E-state index is -0.140. The third-order valence-corrected chi connectivity index (χ3v) is 14.2. The molecule has 0 saturated heterocycles. The molecule has 2 aliphatic heterocycles. The molecule has 0 unspecified atom stereocenters. The van der Waals surface area contributed by atoms with Crippen LogP contribution in [0.15, 0.2) is 150 Å². The van der Waals surface area contributed by atoms with Crippen molar-refractivity contribution in [2.45, 2.75) is 105 Å². The molecule has 0 spiro atoms. The Labute approximate surface area is 385 Å². The molecule has 324 valence electrons. The molecule has 0 amide bonds. The van der Waals surface area contributed by atoms with Gasteiger partial charge in [0.25, 0.3) is 6.71 Å². The number of hydrogen-bond donors (Lipinski definition) is 0. The molecule has 0 atom stereocenters. The molecule has 0 radical (unpaired) electrons. The van der Waals surface area contributed by atoms with Gasteiger partial charge in [-0.25, -0.2) is 0 Å². The fourth-order valence-corrected chi connectivity index (χ4v) is 10.5. The minimum Gasteiger partial charge on any atom is -0.468 e. The summed E-state index contributed by atoms with van der Waals surface area (Å²) in [5, 5.41) is 3.55. The van der Waals surface area contributed by atoms with Crippen molar-refractivity contribution in [3.8, 4) is 5.69 Å². The standard InChI is InChI=1S/C60H60BN3O/c1-57(2,3)37-20-27-41(28-21-37)62-48-17-14-13-16-44(48)45-35-46-53(36-52(45)62)65-56-55(46)64(43-31-24-39(25-32-43)59(7,8)9)51-19-15-18-50-54(51)61(56)47-34-40(60(10,11)12)26-33-49(47)63(50)42-29-22-38(23-30-42)58(4,5)6/h13-36H,1-12H3. The summed E-state index contributed by atoms with van der Waals surface area (Å²) in [5.74, 6) is 0. The zero-order chi connectivity index (χ0) is 45.5. The monoisotopic (exact) mass is 849 g/mol. The third kappa shape index (κ3) is 6.48. The number of benzene rings is 7. The Morgan fingerprint density at radius 3 is 1.48 bits per heavy atom. The van der Waals surface area contributed by atoms with Gasteiger partial charge in [0.1, 0.15) is 5.58 Å². The maximum Gasteiger partial charge on any atom is 0.297 e. The number of rotatable bonds is 3. The zero-order valence-electron chi connectivity index (χ0n) is 40.2. The molecule has 0 fully saturated rings. The lowest BCUT2D eigenvalue weighted by atomic mass is 9.35. The van der Waals surface area contributed by atoms with E-state index in [9.17, 15) is 0 Å². The van der Waals surface area contributed by atoms with E-state index >= 15 is 0 Å². The van der Waals surface area contributed by atoms with E-state index < -0.39 is 0 Å². The predicted octanol–water partition coefficient (Wildman–Crippen LogP) is 14.8. The topological polar surface area (TPSA) is 24.6 Å². The van der Waals surface area contributed by atoms with E-state index in [1.807, 2.05) is 0 Å². The maximum absolute atomic E-state index is 7.53. The normalized spacial score (nSPS) is 14.1. The van der Waals surface area contributed by atoms with Gasteiger partial charge in [0, 0.05) is 56.3 Å². The van der Waals surface area contributed by atoms with Crippen molar-refractivity contribution in [1.29, 1.82) is 0 Å². The van der Waals surface area contributed by atoms with Gasteiger partial charge in [-0.3, -0.25) is 0 Å². The minimum absolute atomic E-state index is 0.0231. The molecule has 2 aromatic heterocycles. The van der Waals surface area contributed by atoms with Gasteiger partial charge in [-0.15, -0.1) is 0 Å². The molecule has 0 N–H and O–H groups in total. The van der Waals surface area contributed by atoms with E-state index in [-0.39, 0.29) is 28.4 Å². The van der Waals surface area contributed by atoms with Gasteiger partial charge in [0.05, 0.1) is 22.4 Å². The Kier molecular flexibility index (Phi) is 8.90. The van der Waals surface area contributed by atoms with Crippen LogP contribution >= 0.6 is 0 Å². The lowest BCUT2D eigenvalue weighted by Crippen LogP contribution is -2.61. The molecule has 7 aromatic carbocycles. The number of aromatic nitrogens is 1. The molecule has 9 aromatic rings. The summed E-state index contributed by atoms with van der Waals surface area (Å²) in [6.45, 7) is 27.4. The van der Waals surface area contributed by atoms with Crippen LogP contribution in [0, 0.1) is 0 Å². The van der Waals surface area contributed by atoms with E-state index in [0.717, 1.165) is 44.9 Å². The number of furan rings is 1. The van der Waals surface area contributed by atoms with E-state index in [2.05, 4.69) is 243 Å². The Morgan fingerprint density at radius 1 is 0.400 bits per heavy atom. The van der Waals surface area contributed by atoms with Crippen molar-refractivity contribution in [2.24, 2.45) is 0 Å². The summed E-state index contributed by atoms with van der Waals surface area (Å²) in [5.41, 5.74) is 20.1. The molecular weight excluding hydrogens is 789 g/mol. The summed E-state index contributed by atoms with van der Waals surface area (Å²) in [7, 11) is 0. The highest BCUT2D eigenvalue weighted by molar-refractivity contribution is 7.00. The summed E-state index contributed by atoms with van der Waals surface area (Å²) in [4.78, 5) is 4.99. The van der Waals surface area contributed by atoms with Crippen molar-refractivity contribution >= 4 is 90.2 Å². The van der Waals surface area contributed by atoms with Crippen LogP contribution < -0.4 is 26.4 Å². The second-order valence-corrected chi connectivity index (χ2v) is 22.8. The average Bonchev–Trinajstić information content (AvgIpc) is 3.79. The fourth-order valence-electron chi connectivity index (χ4n) is 10.5. The van der Waals surface area contributed by atoms with Gasteiger partial charge in [0.2, 0.25) is 0 Å². The SMILES string of the molecule is CC(C)(C)c1ccc(N2c3ccc(C(C)(C)C)cc3B3c4oc5cc6c(cc5c4N(c4ccc(C(C)(C)C)cc4)c4cccc2c43)c2ccccc2n6-c2ccc(C(C)(C)C)cc2)cc1. The highest BCUT2D eigenvalue weighted by atomic mass is 16.3. The first-order valence-electron chi connectivity index (χ1n) is 23.5. The summed E-state index contributed by atoms with van der Waals surface area (Å²) in [6, 6.07) is 55.2. The van der Waals surface area contributed by atoms with Crippen LogP contribution in [-0.4, -0.2) is 11.3 Å². The van der Waals surface area contributed by atoms with Crippen LogP contribution in [0.3, 0.4) is 0 Å². The Bertz CT molecular complexity index is 3340. The number of nitrogens with zero attached hydrogens (tertiary/aromatic N) is 3. The quantitative estimate of drug-likeness (QED) is 0.166. The molecular formula is C60H60BN3O. The van der Waals surface area contributed by atoms with Crippen molar-refractivity contribution in [3.63, 3.8) is 0 Å². The predicted molar refractivity (Wildman–Crippen MR) is 279 cm³/mol. The van der Waals surface area contributed by atoms with Crippen LogP contribution in [0.5, 0.6) is 0 Å². The number of anilines is 6. The molecule has 5 heteroatoms. The van der Waals surface area contributed by atoms with E-state index in [4.69, 9.17) is 4.42 Å². The number of para-hydroxylation sites is 1. The molecule has 11 rings (SSSR count). The summed E-state index contributed by atoms with van der Waals surface area (Å²) >= 11 is 0. The Balaban J connectivity index is 1.22. The second kappa shape index (κ2) is 14.0. The van der Waals surface area contributed by atoms with Gasteiger partial charge in [0.15, 0.2) is 0 Å². The number of fused-ring (bicyclic) bond motifs is 9. The van der Waals surface area contributed by atoms with Gasteiger partial charge in [-0.2, -0.15) is 0 Å². The highest BCUT2D eigenvalue weighted by Crippen LogP contribution is 2.48. The third-order valence-electron chi connectivity index (χ3n) is 14.2. The van der Waals surface area contributed by atoms with Crippen LogP contribution in [0.1, 0.15) is 105 Å². The molecule has 0 bridgehead atoms. The highest BCUT2D eigenvalue weighted by Gasteiger charge is 2.47. The van der Waals surface area contributed by atoms with Crippen LogP contribution in [0.4, 0.5) is 34.1 Å². The van der Waals surface area contributed by atoms with E-state index in [0.29, 0.717) is 0 Å². The Hall–Kier alpha value is -6.46. The van der Waals surface area contributed by atoms with Crippen LogP contribution in [-0.2, 0) is 21.7 Å². The summed E-state index contributed by atoms with van der Waals surface area (Å²) < 4.78 is 9.95. The Morgan fingerprint density at radius 2 is 0.908 bits per heavy atom. The molecule has 65 heavy (non-hydrogen) atoms. The smallest absolute Gasteiger partial charge is 0.297 e. The number of hydrogen-bond acceptors (Lipinski definition) is 3. The van der Waals surface area contributed by atoms with Crippen molar-refractivity contribution < 1.29 is 4.42 Å². The van der Waals surface area contributed by atoms with Gasteiger partial charge >= 0.3 is 0 Å². The van der Waals surface area contributed by atoms with Crippen LogP contribution in [0.2, 0.25) is 0 Å². The summed E-state index contributed by atoms with van der Waals surface area (Å²) in [6.07, 6.45) is 0. The second-order valence-electron chi connectivity index (χ2n) is 22.8.